The molecule has 102 valence electrons. The Morgan fingerprint density at radius 1 is 1.11 bits per heavy atom. The van der Waals surface area contributed by atoms with Gasteiger partial charge in [0, 0.05) is 23.6 Å². The molecule has 1 aromatic rings. The maximum Gasteiger partial charge on any atom is 0.0187 e. The third-order valence-electron chi connectivity index (χ3n) is 3.18. The molecule has 1 aromatic carbocycles. The highest BCUT2D eigenvalue weighted by atomic mass is 32.2. The Kier molecular flexibility index (Phi) is 6.80. The van der Waals surface area contributed by atoms with Crippen LogP contribution in [0.5, 0.6) is 0 Å². The molecule has 2 heteroatoms. The summed E-state index contributed by atoms with van der Waals surface area (Å²) in [4.78, 5) is 0. The topological polar surface area (TPSA) is 12.0 Å². The molecule has 0 fully saturated rings. The molecule has 0 amide bonds. The van der Waals surface area contributed by atoms with Gasteiger partial charge in [0.2, 0.25) is 0 Å². The van der Waals surface area contributed by atoms with Crippen molar-refractivity contribution in [3.63, 3.8) is 0 Å². The Labute approximate surface area is 117 Å². The minimum absolute atomic E-state index is 0.634. The van der Waals surface area contributed by atoms with Crippen molar-refractivity contribution in [3.8, 4) is 0 Å². The molecule has 0 aromatic heterocycles. The molecular weight excluding hydrogens is 238 g/mol. The molecule has 1 rings (SSSR count). The normalized spacial score (nSPS) is 14.5. The largest absolute Gasteiger partial charge is 0.313 e. The van der Waals surface area contributed by atoms with Gasteiger partial charge in [-0.05, 0) is 32.8 Å². The molecule has 0 aliphatic heterocycles. The highest BCUT2D eigenvalue weighted by Crippen LogP contribution is 2.19. The van der Waals surface area contributed by atoms with Gasteiger partial charge in [0.15, 0.2) is 0 Å². The van der Waals surface area contributed by atoms with Crippen molar-refractivity contribution in [2.24, 2.45) is 0 Å². The summed E-state index contributed by atoms with van der Waals surface area (Å²) in [6.07, 6.45) is 1.20. The first-order chi connectivity index (χ1) is 8.51. The maximum absolute atomic E-state index is 3.57. The van der Waals surface area contributed by atoms with Gasteiger partial charge in [0.05, 0.1) is 0 Å². The smallest absolute Gasteiger partial charge is 0.0187 e. The fraction of sp³-hybridized carbons (Fsp3) is 0.625. The van der Waals surface area contributed by atoms with Crippen LogP contribution in [0.3, 0.4) is 0 Å². The van der Waals surface area contributed by atoms with Gasteiger partial charge in [-0.15, -0.1) is 0 Å². The van der Waals surface area contributed by atoms with E-state index < -0.39 is 0 Å². The highest BCUT2D eigenvalue weighted by Gasteiger charge is 2.05. The quantitative estimate of drug-likeness (QED) is 0.788. The second kappa shape index (κ2) is 7.85. The predicted octanol–water partition coefficient (Wildman–Crippen LogP) is 4.31. The number of rotatable bonds is 7. The Bertz CT molecular complexity index is 342. The van der Waals surface area contributed by atoms with Gasteiger partial charge in [0.25, 0.3) is 0 Å². The van der Waals surface area contributed by atoms with Crippen LogP contribution in [0.4, 0.5) is 0 Å². The van der Waals surface area contributed by atoms with Crippen molar-refractivity contribution in [1.29, 1.82) is 0 Å². The molecule has 1 N–H and O–H groups in total. The molecule has 0 saturated heterocycles. The van der Waals surface area contributed by atoms with E-state index >= 15 is 0 Å². The van der Waals surface area contributed by atoms with Crippen LogP contribution in [0.1, 0.15) is 43.9 Å². The van der Waals surface area contributed by atoms with Crippen molar-refractivity contribution < 1.29 is 0 Å². The Balaban J connectivity index is 2.35. The first kappa shape index (κ1) is 15.6. The molecule has 2 unspecified atom stereocenters. The zero-order valence-corrected chi connectivity index (χ0v) is 13.2. The fourth-order valence-electron chi connectivity index (χ4n) is 1.96. The lowest BCUT2D eigenvalue weighted by molar-refractivity contribution is 0.537. The molecule has 0 radical (unpaired) electrons. The number of aryl methyl sites for hydroxylation is 2. The van der Waals surface area contributed by atoms with Gasteiger partial charge in [-0.25, -0.2) is 0 Å². The van der Waals surface area contributed by atoms with Gasteiger partial charge in [-0.2, -0.15) is 11.8 Å². The lowest BCUT2D eigenvalue weighted by Gasteiger charge is -2.16. The number of nitrogens with one attached hydrogen (secondary N) is 1. The van der Waals surface area contributed by atoms with E-state index in [0.717, 1.165) is 12.3 Å². The molecule has 0 spiro atoms. The SMILES string of the molecule is CCC(C)NCC(C)SCc1cc(C)cc(C)c1. The van der Waals surface area contributed by atoms with E-state index in [0.29, 0.717) is 11.3 Å². The number of hydrogen-bond donors (Lipinski definition) is 1. The summed E-state index contributed by atoms with van der Waals surface area (Å²) in [6, 6.07) is 7.47. The fourth-order valence-corrected chi connectivity index (χ4v) is 2.82. The molecule has 0 aliphatic carbocycles. The van der Waals surface area contributed by atoms with E-state index in [-0.39, 0.29) is 0 Å². The molecule has 0 aliphatic rings. The van der Waals surface area contributed by atoms with Crippen LogP contribution in [0, 0.1) is 13.8 Å². The van der Waals surface area contributed by atoms with Crippen molar-refractivity contribution in [2.45, 2.75) is 58.1 Å². The summed E-state index contributed by atoms with van der Waals surface area (Å²) in [5.41, 5.74) is 4.19. The first-order valence-electron chi connectivity index (χ1n) is 6.93. The Morgan fingerprint density at radius 3 is 2.28 bits per heavy atom. The summed E-state index contributed by atoms with van der Waals surface area (Å²) in [5, 5.41) is 4.24. The average molecular weight is 265 g/mol. The molecule has 0 saturated carbocycles. The van der Waals surface area contributed by atoms with E-state index in [9.17, 15) is 0 Å². The third kappa shape index (κ3) is 5.92. The predicted molar refractivity (Wildman–Crippen MR) is 84.4 cm³/mol. The van der Waals surface area contributed by atoms with Crippen LogP contribution < -0.4 is 5.32 Å². The third-order valence-corrected chi connectivity index (χ3v) is 4.42. The zero-order chi connectivity index (χ0) is 13.5. The van der Waals surface area contributed by atoms with E-state index in [1.54, 1.807) is 0 Å². The maximum atomic E-state index is 3.57. The van der Waals surface area contributed by atoms with E-state index in [1.807, 2.05) is 11.8 Å². The number of benzene rings is 1. The second-order valence-electron chi connectivity index (χ2n) is 5.34. The number of thioether (sulfide) groups is 1. The Hall–Kier alpha value is -0.470. The average Bonchev–Trinajstić information content (AvgIpc) is 2.32. The Morgan fingerprint density at radius 2 is 1.72 bits per heavy atom. The molecule has 18 heavy (non-hydrogen) atoms. The monoisotopic (exact) mass is 265 g/mol. The van der Waals surface area contributed by atoms with Gasteiger partial charge < -0.3 is 5.32 Å². The van der Waals surface area contributed by atoms with Gasteiger partial charge in [-0.1, -0.05) is 43.2 Å². The minimum atomic E-state index is 0.634. The van der Waals surface area contributed by atoms with Crippen LogP contribution >= 0.6 is 11.8 Å². The van der Waals surface area contributed by atoms with Gasteiger partial charge in [-0.3, -0.25) is 0 Å². The van der Waals surface area contributed by atoms with Crippen LogP contribution in [0.2, 0.25) is 0 Å². The zero-order valence-electron chi connectivity index (χ0n) is 12.4. The van der Waals surface area contributed by atoms with Crippen LogP contribution in [0.15, 0.2) is 18.2 Å². The summed E-state index contributed by atoms with van der Waals surface area (Å²) >= 11 is 2.04. The van der Waals surface area contributed by atoms with Crippen molar-refractivity contribution in [2.75, 3.05) is 6.54 Å². The van der Waals surface area contributed by atoms with E-state index in [2.05, 4.69) is 58.1 Å². The lowest BCUT2D eigenvalue weighted by Crippen LogP contribution is -2.30. The van der Waals surface area contributed by atoms with Gasteiger partial charge >= 0.3 is 0 Å². The second-order valence-corrected chi connectivity index (χ2v) is 6.76. The minimum Gasteiger partial charge on any atom is -0.313 e. The first-order valence-corrected chi connectivity index (χ1v) is 7.98. The number of hydrogen-bond acceptors (Lipinski definition) is 2. The van der Waals surface area contributed by atoms with Crippen molar-refractivity contribution in [1.82, 2.24) is 5.32 Å². The molecular formula is C16H27NS. The summed E-state index contributed by atoms with van der Waals surface area (Å²) < 4.78 is 0. The van der Waals surface area contributed by atoms with Crippen molar-refractivity contribution in [3.05, 3.63) is 34.9 Å². The van der Waals surface area contributed by atoms with Crippen LogP contribution in [0.25, 0.3) is 0 Å². The summed E-state index contributed by atoms with van der Waals surface area (Å²) in [7, 11) is 0. The summed E-state index contributed by atoms with van der Waals surface area (Å²) in [6.45, 7) is 12.2. The van der Waals surface area contributed by atoms with E-state index in [4.69, 9.17) is 0 Å². The van der Waals surface area contributed by atoms with Gasteiger partial charge in [0.1, 0.15) is 0 Å². The molecule has 1 nitrogen and oxygen atoms in total. The highest BCUT2D eigenvalue weighted by molar-refractivity contribution is 7.99. The molecule has 0 heterocycles. The van der Waals surface area contributed by atoms with Crippen molar-refractivity contribution >= 4 is 11.8 Å². The summed E-state index contributed by atoms with van der Waals surface area (Å²) in [5.74, 6) is 1.12. The van der Waals surface area contributed by atoms with E-state index in [1.165, 1.54) is 23.1 Å². The van der Waals surface area contributed by atoms with Crippen LogP contribution in [-0.4, -0.2) is 17.8 Å². The standard InChI is InChI=1S/C16H27NS/c1-6-14(4)17-10-15(5)18-11-16-8-12(2)7-13(3)9-16/h7-9,14-15,17H,6,10-11H2,1-5H3. The van der Waals surface area contributed by atoms with Crippen LogP contribution in [-0.2, 0) is 5.75 Å². The molecule has 2 atom stereocenters. The molecule has 0 bridgehead atoms. The lowest BCUT2D eigenvalue weighted by atomic mass is 10.1.